The van der Waals surface area contributed by atoms with Crippen LogP contribution in [0.1, 0.15) is 0 Å². The molecule has 0 fully saturated rings. The van der Waals surface area contributed by atoms with Crippen molar-refractivity contribution >= 4 is 41.7 Å². The van der Waals surface area contributed by atoms with Crippen molar-refractivity contribution in [2.24, 2.45) is 0 Å². The van der Waals surface area contributed by atoms with E-state index in [2.05, 4.69) is 31.9 Å². The number of halogens is 2. The van der Waals surface area contributed by atoms with Crippen molar-refractivity contribution in [3.8, 4) is 11.5 Å². The lowest BCUT2D eigenvalue weighted by molar-refractivity contribution is 0.414. The van der Waals surface area contributed by atoms with E-state index in [-0.39, 0.29) is 9.79 Å². The summed E-state index contributed by atoms with van der Waals surface area (Å²) in [6.45, 7) is 0. The Hall–Kier alpha value is -1.05. The third-order valence-corrected chi connectivity index (χ3v) is 6.56. The van der Waals surface area contributed by atoms with Gasteiger partial charge in [0.15, 0.2) is 0 Å². The van der Waals surface area contributed by atoms with Crippen LogP contribution in [-0.2, 0) is 9.84 Å². The number of ether oxygens (including phenoxy) is 2. The minimum absolute atomic E-state index is 0.175. The highest BCUT2D eigenvalue weighted by Crippen LogP contribution is 2.35. The van der Waals surface area contributed by atoms with Gasteiger partial charge in [-0.3, -0.25) is 0 Å². The number of hydrogen-bond acceptors (Lipinski definition) is 4. The first kappa shape index (κ1) is 16.3. The van der Waals surface area contributed by atoms with E-state index in [1.807, 2.05) is 0 Å². The number of methoxy groups -OCH3 is 2. The number of hydrogen-bond donors (Lipinski definition) is 0. The summed E-state index contributed by atoms with van der Waals surface area (Å²) in [5.41, 5.74) is 0. The highest BCUT2D eigenvalue weighted by molar-refractivity contribution is 9.10. The van der Waals surface area contributed by atoms with Crippen LogP contribution >= 0.6 is 31.9 Å². The first-order valence-electron chi connectivity index (χ1n) is 5.82. The van der Waals surface area contributed by atoms with Crippen LogP contribution < -0.4 is 9.47 Å². The molecule has 0 aliphatic rings. The Bertz CT molecular complexity index is 713. The van der Waals surface area contributed by atoms with Crippen molar-refractivity contribution in [3.63, 3.8) is 0 Å². The molecule has 2 rings (SSSR count). The van der Waals surface area contributed by atoms with E-state index in [1.165, 1.54) is 26.4 Å². The van der Waals surface area contributed by atoms with Crippen LogP contribution in [0.25, 0.3) is 0 Å². The Kier molecular flexibility index (Phi) is 4.95. The van der Waals surface area contributed by atoms with Crippen LogP contribution in [0.5, 0.6) is 11.5 Å². The average Bonchev–Trinajstić information content (AvgIpc) is 2.46. The molecule has 4 nitrogen and oxygen atoms in total. The molecule has 0 bridgehead atoms. The smallest absolute Gasteiger partial charge is 0.208 e. The summed E-state index contributed by atoms with van der Waals surface area (Å²) in [6, 6.07) is 9.46. The van der Waals surface area contributed by atoms with Crippen molar-refractivity contribution in [1.82, 2.24) is 0 Å². The van der Waals surface area contributed by atoms with Gasteiger partial charge in [-0.15, -0.1) is 0 Å². The van der Waals surface area contributed by atoms with Gasteiger partial charge in [-0.1, -0.05) is 0 Å². The van der Waals surface area contributed by atoms with Gasteiger partial charge in [-0.05, 0) is 68.3 Å². The lowest BCUT2D eigenvalue weighted by atomic mass is 10.3. The van der Waals surface area contributed by atoms with Gasteiger partial charge in [0.2, 0.25) is 9.84 Å². The van der Waals surface area contributed by atoms with E-state index in [0.29, 0.717) is 20.4 Å². The van der Waals surface area contributed by atoms with E-state index >= 15 is 0 Å². The van der Waals surface area contributed by atoms with Gasteiger partial charge in [-0.25, -0.2) is 8.42 Å². The zero-order valence-corrected chi connectivity index (χ0v) is 15.2. The molecule has 0 N–H and O–H groups in total. The molecule has 112 valence electrons. The molecule has 0 unspecified atom stereocenters. The van der Waals surface area contributed by atoms with Crippen LogP contribution in [0.3, 0.4) is 0 Å². The topological polar surface area (TPSA) is 52.6 Å². The fourth-order valence-electron chi connectivity index (χ4n) is 1.77. The lowest BCUT2D eigenvalue weighted by Gasteiger charge is -2.11. The molecule has 0 atom stereocenters. The summed E-state index contributed by atoms with van der Waals surface area (Å²) < 4.78 is 36.5. The third kappa shape index (κ3) is 3.25. The standard InChI is InChI=1S/C14H12Br2O4S/c1-19-9-3-5-13(11(15)7-9)21(17,18)14-6-4-10(20-2)8-12(14)16/h3-8H,1-2H3. The largest absolute Gasteiger partial charge is 0.497 e. The summed E-state index contributed by atoms with van der Waals surface area (Å²) in [5, 5.41) is 0. The van der Waals surface area contributed by atoms with Crippen LogP contribution in [0, 0.1) is 0 Å². The quantitative estimate of drug-likeness (QED) is 0.726. The Balaban J connectivity index is 2.57. The maximum absolute atomic E-state index is 12.7. The van der Waals surface area contributed by atoms with E-state index in [9.17, 15) is 8.42 Å². The number of benzene rings is 2. The molecule has 2 aromatic carbocycles. The maximum Gasteiger partial charge on any atom is 0.208 e. The molecule has 0 aliphatic heterocycles. The summed E-state index contributed by atoms with van der Waals surface area (Å²) in [7, 11) is -0.608. The van der Waals surface area contributed by atoms with Crippen LogP contribution in [0.4, 0.5) is 0 Å². The SMILES string of the molecule is COc1ccc(S(=O)(=O)c2ccc(OC)cc2Br)c(Br)c1. The molecular formula is C14H12Br2O4S. The van der Waals surface area contributed by atoms with Gasteiger partial charge < -0.3 is 9.47 Å². The van der Waals surface area contributed by atoms with Crippen molar-refractivity contribution in [2.75, 3.05) is 14.2 Å². The molecule has 0 heterocycles. The fraction of sp³-hybridized carbons (Fsp3) is 0.143. The molecule has 7 heteroatoms. The molecule has 0 radical (unpaired) electrons. The molecule has 21 heavy (non-hydrogen) atoms. The highest BCUT2D eigenvalue weighted by Gasteiger charge is 2.23. The van der Waals surface area contributed by atoms with Crippen molar-refractivity contribution in [1.29, 1.82) is 0 Å². The van der Waals surface area contributed by atoms with Gasteiger partial charge in [0, 0.05) is 8.95 Å². The van der Waals surface area contributed by atoms with Crippen molar-refractivity contribution in [3.05, 3.63) is 45.3 Å². The van der Waals surface area contributed by atoms with E-state index in [4.69, 9.17) is 9.47 Å². The second-order valence-electron chi connectivity index (χ2n) is 4.10. The van der Waals surface area contributed by atoms with Gasteiger partial charge in [-0.2, -0.15) is 0 Å². The molecular weight excluding hydrogens is 424 g/mol. The average molecular weight is 436 g/mol. The minimum Gasteiger partial charge on any atom is -0.497 e. The predicted molar refractivity (Wildman–Crippen MR) is 86.8 cm³/mol. The third-order valence-electron chi connectivity index (χ3n) is 2.86. The molecule has 2 aromatic rings. The van der Waals surface area contributed by atoms with Crippen molar-refractivity contribution in [2.45, 2.75) is 9.79 Å². The molecule has 0 saturated heterocycles. The van der Waals surface area contributed by atoms with Crippen LogP contribution in [0.2, 0.25) is 0 Å². The number of rotatable bonds is 4. The second-order valence-corrected chi connectivity index (χ2v) is 7.69. The summed E-state index contributed by atoms with van der Waals surface area (Å²) in [5.74, 6) is 1.16. The Morgan fingerprint density at radius 1 is 0.810 bits per heavy atom. The van der Waals surface area contributed by atoms with Gasteiger partial charge >= 0.3 is 0 Å². The normalized spacial score (nSPS) is 11.2. The second kappa shape index (κ2) is 6.37. The maximum atomic E-state index is 12.7. The summed E-state index contributed by atoms with van der Waals surface area (Å²) >= 11 is 6.55. The summed E-state index contributed by atoms with van der Waals surface area (Å²) in [4.78, 5) is 0.350. The molecule has 0 spiro atoms. The summed E-state index contributed by atoms with van der Waals surface area (Å²) in [6.07, 6.45) is 0. The Labute approximate surface area is 140 Å². The molecule has 0 amide bonds. The van der Waals surface area contributed by atoms with Crippen molar-refractivity contribution < 1.29 is 17.9 Å². The molecule has 0 saturated carbocycles. The Morgan fingerprint density at radius 2 is 1.19 bits per heavy atom. The van der Waals surface area contributed by atoms with Crippen LogP contribution in [-0.4, -0.2) is 22.6 Å². The fourth-order valence-corrected chi connectivity index (χ4v) is 5.13. The molecule has 0 aliphatic carbocycles. The first-order chi connectivity index (χ1) is 9.90. The zero-order chi connectivity index (χ0) is 15.6. The van der Waals surface area contributed by atoms with E-state index in [1.54, 1.807) is 24.3 Å². The lowest BCUT2D eigenvalue weighted by Crippen LogP contribution is -2.04. The minimum atomic E-state index is -3.66. The number of sulfone groups is 1. The monoisotopic (exact) mass is 434 g/mol. The first-order valence-corrected chi connectivity index (χ1v) is 8.89. The molecule has 0 aromatic heterocycles. The van der Waals surface area contributed by atoms with E-state index in [0.717, 1.165) is 0 Å². The van der Waals surface area contributed by atoms with Gasteiger partial charge in [0.05, 0.1) is 24.0 Å². The van der Waals surface area contributed by atoms with E-state index < -0.39 is 9.84 Å². The Morgan fingerprint density at radius 3 is 1.48 bits per heavy atom. The van der Waals surface area contributed by atoms with Crippen LogP contribution in [0.15, 0.2) is 55.1 Å². The zero-order valence-electron chi connectivity index (χ0n) is 11.3. The predicted octanol–water partition coefficient (Wildman–Crippen LogP) is 4.06. The van der Waals surface area contributed by atoms with Gasteiger partial charge in [0.1, 0.15) is 11.5 Å². The highest BCUT2D eigenvalue weighted by atomic mass is 79.9. The van der Waals surface area contributed by atoms with Gasteiger partial charge in [0.25, 0.3) is 0 Å².